The lowest BCUT2D eigenvalue weighted by atomic mass is 9.81. The molecule has 3 aromatic rings. The van der Waals surface area contributed by atoms with Gasteiger partial charge in [-0.15, -0.1) is 0 Å². The van der Waals surface area contributed by atoms with E-state index in [1.807, 2.05) is 6.07 Å². The summed E-state index contributed by atoms with van der Waals surface area (Å²) in [7, 11) is 0. The van der Waals surface area contributed by atoms with Gasteiger partial charge < -0.3 is 19.7 Å². The van der Waals surface area contributed by atoms with E-state index in [4.69, 9.17) is 9.47 Å². The van der Waals surface area contributed by atoms with E-state index < -0.39 is 5.41 Å². The van der Waals surface area contributed by atoms with Crippen LogP contribution in [0.3, 0.4) is 0 Å². The van der Waals surface area contributed by atoms with Crippen LogP contribution in [0.5, 0.6) is 5.75 Å². The van der Waals surface area contributed by atoms with E-state index in [0.29, 0.717) is 44.0 Å². The van der Waals surface area contributed by atoms with Gasteiger partial charge in [-0.3, -0.25) is 0 Å². The molecule has 1 aliphatic rings. The molecule has 0 radical (unpaired) electrons. The molecule has 5 heteroatoms. The lowest BCUT2D eigenvalue weighted by molar-refractivity contribution is -0.139. The summed E-state index contributed by atoms with van der Waals surface area (Å²) in [5, 5.41) is 20.2. The number of ether oxygens (including phenoxy) is 2. The molecule has 4 rings (SSSR count). The first kappa shape index (κ1) is 36.4. The van der Waals surface area contributed by atoms with Crippen LogP contribution >= 0.6 is 0 Å². The van der Waals surface area contributed by atoms with E-state index >= 15 is 0 Å². The van der Waals surface area contributed by atoms with Crippen LogP contribution in [0.15, 0.2) is 72.8 Å². The average Bonchev–Trinajstić information content (AvgIpc) is 3.12. The van der Waals surface area contributed by atoms with E-state index in [1.54, 1.807) is 6.92 Å². The third kappa shape index (κ3) is 10.0. The molecule has 254 valence electrons. The number of aliphatic hydroxyl groups is 2. The Bertz CT molecular complexity index is 1430. The number of aryl methyl sites for hydroxylation is 2. The molecule has 0 bridgehead atoms. The molecule has 47 heavy (non-hydrogen) atoms. The monoisotopic (exact) mass is 640 g/mol. The van der Waals surface area contributed by atoms with Crippen LogP contribution in [-0.4, -0.2) is 42.6 Å². The summed E-state index contributed by atoms with van der Waals surface area (Å²) < 4.78 is 11.7. The summed E-state index contributed by atoms with van der Waals surface area (Å²) in [6.07, 6.45) is 12.2. The number of aliphatic hydroxyl groups excluding tert-OH is 2. The first-order chi connectivity index (χ1) is 22.8. The Labute approximate surface area is 283 Å². The second-order valence-electron chi connectivity index (χ2n) is 13.5. The first-order valence-corrected chi connectivity index (χ1v) is 17.9. The number of hydrogen-bond acceptors (Lipinski definition) is 5. The van der Waals surface area contributed by atoms with Gasteiger partial charge in [0.25, 0.3) is 0 Å². The van der Waals surface area contributed by atoms with Gasteiger partial charge in [-0.05, 0) is 109 Å². The number of rotatable bonds is 18. The summed E-state index contributed by atoms with van der Waals surface area (Å²) in [5.74, 6) is 1.12. The third-order valence-electron chi connectivity index (χ3n) is 9.97. The zero-order valence-corrected chi connectivity index (χ0v) is 29.0. The Morgan fingerprint density at radius 1 is 0.830 bits per heavy atom. The Hall–Kier alpha value is -3.41. The minimum atomic E-state index is -0.541. The minimum Gasteiger partial charge on any atom is -0.493 e. The molecule has 0 aromatic heterocycles. The van der Waals surface area contributed by atoms with Gasteiger partial charge in [0.1, 0.15) is 5.75 Å². The predicted molar refractivity (Wildman–Crippen MR) is 193 cm³/mol. The number of benzene rings is 3. The van der Waals surface area contributed by atoms with Crippen molar-refractivity contribution in [3.63, 3.8) is 0 Å². The molecule has 0 heterocycles. The second kappa shape index (κ2) is 18.2. The number of esters is 1. The number of hydrogen-bond donors (Lipinski definition) is 2. The maximum absolute atomic E-state index is 11.9. The van der Waals surface area contributed by atoms with Gasteiger partial charge >= 0.3 is 5.97 Å². The quantitative estimate of drug-likeness (QED) is 0.0823. The van der Waals surface area contributed by atoms with Crippen molar-refractivity contribution in [2.24, 2.45) is 5.41 Å². The van der Waals surface area contributed by atoms with E-state index in [2.05, 4.69) is 75.0 Å². The summed E-state index contributed by atoms with van der Waals surface area (Å²) in [6.45, 7) is 10.2. The maximum Gasteiger partial charge on any atom is 0.333 e. The minimum absolute atomic E-state index is 0.0623. The van der Waals surface area contributed by atoms with Crippen molar-refractivity contribution in [3.8, 4) is 28.0 Å². The van der Waals surface area contributed by atoms with Gasteiger partial charge in [0.2, 0.25) is 0 Å². The highest BCUT2D eigenvalue weighted by Crippen LogP contribution is 2.36. The van der Waals surface area contributed by atoms with Gasteiger partial charge in [-0.1, -0.05) is 101 Å². The Balaban J connectivity index is 1.54. The molecule has 0 unspecified atom stereocenters. The predicted octanol–water partition coefficient (Wildman–Crippen LogP) is 9.61. The average molecular weight is 641 g/mol. The van der Waals surface area contributed by atoms with Crippen LogP contribution in [-0.2, 0) is 22.4 Å². The molecular formula is C42H56O5. The smallest absolute Gasteiger partial charge is 0.333 e. The molecule has 3 aromatic carbocycles. The van der Waals surface area contributed by atoms with E-state index in [9.17, 15) is 15.0 Å². The zero-order chi connectivity index (χ0) is 33.6. The highest BCUT2D eigenvalue weighted by molar-refractivity contribution is 5.86. The fraction of sp³-hybridized carbons (Fsp3) is 0.500. The molecule has 0 aliphatic heterocycles. The van der Waals surface area contributed by atoms with Crippen molar-refractivity contribution in [3.05, 3.63) is 89.5 Å². The molecule has 1 fully saturated rings. The fourth-order valence-corrected chi connectivity index (χ4v) is 6.79. The van der Waals surface area contributed by atoms with E-state index in [-0.39, 0.29) is 19.2 Å². The lowest BCUT2D eigenvalue weighted by Gasteiger charge is -2.30. The van der Waals surface area contributed by atoms with Crippen LogP contribution < -0.4 is 4.74 Å². The molecule has 1 saturated carbocycles. The Morgan fingerprint density at radius 2 is 1.51 bits per heavy atom. The summed E-state index contributed by atoms with van der Waals surface area (Å²) >= 11 is 0. The van der Waals surface area contributed by atoms with Crippen molar-refractivity contribution in [1.29, 1.82) is 0 Å². The van der Waals surface area contributed by atoms with Gasteiger partial charge in [0.05, 0.1) is 26.4 Å². The molecule has 0 spiro atoms. The third-order valence-corrected chi connectivity index (χ3v) is 9.97. The van der Waals surface area contributed by atoms with Crippen molar-refractivity contribution >= 4 is 5.97 Å². The number of carbonyl (C=O) groups is 1. The van der Waals surface area contributed by atoms with Crippen molar-refractivity contribution < 1.29 is 24.5 Å². The molecule has 1 aliphatic carbocycles. The lowest BCUT2D eigenvalue weighted by Crippen LogP contribution is -2.32. The second-order valence-corrected chi connectivity index (χ2v) is 13.5. The van der Waals surface area contributed by atoms with Crippen LogP contribution in [0, 0.1) is 5.41 Å². The zero-order valence-electron chi connectivity index (χ0n) is 29.0. The summed E-state index contributed by atoms with van der Waals surface area (Å²) in [6, 6.07) is 22.4. The maximum atomic E-state index is 11.9. The van der Waals surface area contributed by atoms with Crippen molar-refractivity contribution in [1.82, 2.24) is 0 Å². The van der Waals surface area contributed by atoms with Gasteiger partial charge in [0, 0.05) is 11.0 Å². The number of carbonyl (C=O) groups excluding carboxylic acids is 1. The summed E-state index contributed by atoms with van der Waals surface area (Å²) in [5.41, 5.74) is 8.49. The molecule has 0 atom stereocenters. The largest absolute Gasteiger partial charge is 0.493 e. The van der Waals surface area contributed by atoms with Crippen molar-refractivity contribution in [2.45, 2.75) is 104 Å². The van der Waals surface area contributed by atoms with E-state index in [0.717, 1.165) is 42.6 Å². The van der Waals surface area contributed by atoms with Crippen LogP contribution in [0.1, 0.15) is 108 Å². The molecule has 0 saturated heterocycles. The van der Waals surface area contributed by atoms with Gasteiger partial charge in [0.15, 0.2) is 0 Å². The Kier molecular flexibility index (Phi) is 14.1. The first-order valence-electron chi connectivity index (χ1n) is 17.9. The standard InChI is InChI=1S/C42H56O5/c1-5-7-23-42(29-43,30-44)24-26-46-40-22-20-37(28-38(40)14-11-25-47-41(45)31(3)4)39-21-19-36(27-32(39)6-2)35-17-15-34(16-18-35)33-12-9-8-10-13-33/h15-22,27-28,33,43-44H,3,5-14,23-26,29-30H2,1-2,4H3. The Morgan fingerprint density at radius 3 is 2.17 bits per heavy atom. The summed E-state index contributed by atoms with van der Waals surface area (Å²) in [4.78, 5) is 11.9. The topological polar surface area (TPSA) is 76.0 Å². The van der Waals surface area contributed by atoms with Gasteiger partial charge in [-0.25, -0.2) is 4.79 Å². The molecule has 5 nitrogen and oxygen atoms in total. The highest BCUT2D eigenvalue weighted by Gasteiger charge is 2.28. The number of unbranched alkanes of at least 4 members (excludes halogenated alkanes) is 1. The molecule has 0 amide bonds. The van der Waals surface area contributed by atoms with Gasteiger partial charge in [-0.2, -0.15) is 0 Å². The van der Waals surface area contributed by atoms with Crippen LogP contribution in [0.4, 0.5) is 0 Å². The van der Waals surface area contributed by atoms with E-state index in [1.165, 1.54) is 59.9 Å². The SMILES string of the molecule is C=C(C)C(=O)OCCCc1cc(-c2ccc(-c3ccc(C4CCCCC4)cc3)cc2CC)ccc1OCCC(CO)(CO)CCCC. The van der Waals surface area contributed by atoms with Crippen molar-refractivity contribution in [2.75, 3.05) is 26.4 Å². The van der Waals surface area contributed by atoms with Crippen LogP contribution in [0.25, 0.3) is 22.3 Å². The highest BCUT2D eigenvalue weighted by atomic mass is 16.5. The van der Waals surface area contributed by atoms with Crippen LogP contribution in [0.2, 0.25) is 0 Å². The molecule has 2 N–H and O–H groups in total. The molecular weight excluding hydrogens is 584 g/mol. The fourth-order valence-electron chi connectivity index (χ4n) is 6.79. The normalized spacial score (nSPS) is 13.8.